The summed E-state index contributed by atoms with van der Waals surface area (Å²) in [6, 6.07) is 6.28. The third kappa shape index (κ3) is 6.23. The third-order valence-electron chi connectivity index (χ3n) is 3.49. The number of esters is 2. The maximum atomic E-state index is 12.3. The first-order valence-corrected chi connectivity index (χ1v) is 8.84. The van der Waals surface area contributed by atoms with Crippen LogP contribution in [-0.4, -0.2) is 36.3 Å². The molecule has 1 aromatic carbocycles. The molecule has 2 amide bonds. The smallest absolute Gasteiger partial charge is 0.426 e. The van der Waals surface area contributed by atoms with E-state index >= 15 is 0 Å². The van der Waals surface area contributed by atoms with E-state index in [2.05, 4.69) is 16.2 Å². The molecule has 1 aliphatic heterocycles. The first-order chi connectivity index (χ1) is 13.6. The molecule has 0 radical (unpaired) electrons. The van der Waals surface area contributed by atoms with E-state index in [9.17, 15) is 19.2 Å². The molecule has 0 bridgehead atoms. The van der Waals surface area contributed by atoms with Crippen molar-refractivity contribution in [1.29, 1.82) is 0 Å². The van der Waals surface area contributed by atoms with Gasteiger partial charge in [0, 0.05) is 20.0 Å². The number of cyclic esters (lactones) is 2. The molecule has 1 aliphatic rings. The van der Waals surface area contributed by atoms with E-state index in [1.807, 2.05) is 13.8 Å². The number of amides is 2. The molecular weight excluding hydrogens is 382 g/mol. The largest absolute Gasteiger partial charge is 0.448 e. The highest BCUT2D eigenvalue weighted by Crippen LogP contribution is 2.23. The van der Waals surface area contributed by atoms with Gasteiger partial charge >= 0.3 is 18.0 Å². The SMILES string of the molecule is CC(C)COC(=O)NNC(=O)c1ccccc1NC=C1C(=O)OC(C)(C)OC1=O. The monoisotopic (exact) mass is 405 g/mol. The highest BCUT2D eigenvalue weighted by Gasteiger charge is 2.39. The minimum Gasteiger partial charge on any atom is -0.448 e. The molecule has 0 atom stereocenters. The number of rotatable bonds is 5. The fraction of sp³-hybridized carbons (Fsp3) is 0.368. The minimum atomic E-state index is -1.35. The van der Waals surface area contributed by atoms with Gasteiger partial charge in [-0.25, -0.2) is 19.8 Å². The Morgan fingerprint density at radius 2 is 1.72 bits per heavy atom. The van der Waals surface area contributed by atoms with Gasteiger partial charge in [-0.3, -0.25) is 10.2 Å². The predicted molar refractivity (Wildman–Crippen MR) is 101 cm³/mol. The Hall–Kier alpha value is -3.56. The highest BCUT2D eigenvalue weighted by molar-refractivity contribution is 6.15. The van der Waals surface area contributed by atoms with Crippen LogP contribution in [0.15, 0.2) is 36.0 Å². The first kappa shape index (κ1) is 21.7. The van der Waals surface area contributed by atoms with Crippen molar-refractivity contribution in [1.82, 2.24) is 10.9 Å². The molecule has 0 spiro atoms. The van der Waals surface area contributed by atoms with Gasteiger partial charge in [0.05, 0.1) is 17.9 Å². The molecule has 1 aromatic rings. The number of nitrogens with one attached hydrogen (secondary N) is 3. The van der Waals surface area contributed by atoms with Gasteiger partial charge in [-0.15, -0.1) is 0 Å². The minimum absolute atomic E-state index is 0.145. The van der Waals surface area contributed by atoms with Crippen molar-refractivity contribution in [3.05, 3.63) is 41.6 Å². The summed E-state index contributed by atoms with van der Waals surface area (Å²) in [7, 11) is 0. The van der Waals surface area contributed by atoms with Crippen molar-refractivity contribution in [2.24, 2.45) is 5.92 Å². The van der Waals surface area contributed by atoms with Crippen LogP contribution in [0.5, 0.6) is 0 Å². The van der Waals surface area contributed by atoms with Gasteiger partial charge in [0.25, 0.3) is 11.7 Å². The molecule has 29 heavy (non-hydrogen) atoms. The van der Waals surface area contributed by atoms with Gasteiger partial charge in [-0.05, 0) is 18.1 Å². The lowest BCUT2D eigenvalue weighted by atomic mass is 10.1. The summed E-state index contributed by atoms with van der Waals surface area (Å²) in [5.74, 6) is -3.54. The van der Waals surface area contributed by atoms with Gasteiger partial charge in [0.1, 0.15) is 0 Å². The predicted octanol–water partition coefficient (Wildman–Crippen LogP) is 1.85. The van der Waals surface area contributed by atoms with E-state index < -0.39 is 29.7 Å². The number of para-hydroxylation sites is 1. The number of ether oxygens (including phenoxy) is 3. The molecule has 3 N–H and O–H groups in total. The zero-order chi connectivity index (χ0) is 21.6. The standard InChI is InChI=1S/C19H23N3O7/c1-11(2)10-27-18(26)22-21-15(23)12-7-5-6-8-14(12)20-9-13-16(24)28-19(3,4)29-17(13)25/h5-9,11,20H,10H2,1-4H3,(H,21,23)(H,22,26). The van der Waals surface area contributed by atoms with E-state index in [0.717, 1.165) is 6.20 Å². The Balaban J connectivity index is 2.05. The van der Waals surface area contributed by atoms with E-state index in [-0.39, 0.29) is 29.3 Å². The first-order valence-electron chi connectivity index (χ1n) is 8.84. The molecule has 156 valence electrons. The lowest BCUT2D eigenvalue weighted by Gasteiger charge is -2.29. The topological polar surface area (TPSA) is 132 Å². The molecule has 0 saturated carbocycles. The van der Waals surface area contributed by atoms with Crippen LogP contribution in [0.3, 0.4) is 0 Å². The number of anilines is 1. The zero-order valence-electron chi connectivity index (χ0n) is 16.5. The molecule has 1 fully saturated rings. The fourth-order valence-corrected chi connectivity index (χ4v) is 2.19. The number of hydrazine groups is 1. The van der Waals surface area contributed by atoms with Crippen molar-refractivity contribution in [2.75, 3.05) is 11.9 Å². The molecule has 0 unspecified atom stereocenters. The summed E-state index contributed by atoms with van der Waals surface area (Å²) < 4.78 is 14.9. The Bertz CT molecular complexity index is 824. The molecular formula is C19H23N3O7. The van der Waals surface area contributed by atoms with Crippen LogP contribution in [0.4, 0.5) is 10.5 Å². The van der Waals surface area contributed by atoms with Crippen LogP contribution >= 0.6 is 0 Å². The number of hydrogen-bond acceptors (Lipinski definition) is 8. The Kier molecular flexibility index (Phi) is 6.81. The summed E-state index contributed by atoms with van der Waals surface area (Å²) in [5.41, 5.74) is 4.43. The maximum absolute atomic E-state index is 12.3. The summed E-state index contributed by atoms with van der Waals surface area (Å²) in [6.45, 7) is 6.83. The highest BCUT2D eigenvalue weighted by atomic mass is 16.7. The zero-order valence-corrected chi connectivity index (χ0v) is 16.5. The van der Waals surface area contributed by atoms with Crippen LogP contribution in [0.25, 0.3) is 0 Å². The Labute approximate surface area is 167 Å². The number of carbonyl (C=O) groups excluding carboxylic acids is 4. The average Bonchev–Trinajstić information content (AvgIpc) is 2.63. The van der Waals surface area contributed by atoms with Crippen LogP contribution in [-0.2, 0) is 23.8 Å². The summed E-state index contributed by atoms with van der Waals surface area (Å²) in [5, 5.41) is 2.71. The summed E-state index contributed by atoms with van der Waals surface area (Å²) >= 11 is 0. The fourth-order valence-electron chi connectivity index (χ4n) is 2.19. The lowest BCUT2D eigenvalue weighted by Crippen LogP contribution is -2.42. The molecule has 10 heteroatoms. The van der Waals surface area contributed by atoms with Gasteiger partial charge in [0.15, 0.2) is 5.57 Å². The van der Waals surface area contributed by atoms with Crippen LogP contribution in [0.2, 0.25) is 0 Å². The second-order valence-corrected chi connectivity index (χ2v) is 7.00. The normalized spacial score (nSPS) is 15.1. The van der Waals surface area contributed by atoms with Crippen molar-refractivity contribution >= 4 is 29.6 Å². The maximum Gasteiger partial charge on any atom is 0.426 e. The van der Waals surface area contributed by atoms with Gasteiger partial charge in [-0.2, -0.15) is 0 Å². The lowest BCUT2D eigenvalue weighted by molar-refractivity contribution is -0.222. The average molecular weight is 405 g/mol. The van der Waals surface area contributed by atoms with Crippen molar-refractivity contribution in [2.45, 2.75) is 33.5 Å². The molecule has 0 aromatic heterocycles. The van der Waals surface area contributed by atoms with Crippen LogP contribution in [0.1, 0.15) is 38.1 Å². The van der Waals surface area contributed by atoms with Gasteiger partial charge < -0.3 is 19.5 Å². The Morgan fingerprint density at radius 3 is 2.34 bits per heavy atom. The van der Waals surface area contributed by atoms with Crippen LogP contribution < -0.4 is 16.2 Å². The second-order valence-electron chi connectivity index (χ2n) is 7.00. The molecule has 1 saturated heterocycles. The summed E-state index contributed by atoms with van der Waals surface area (Å²) in [4.78, 5) is 47.8. The molecule has 2 rings (SSSR count). The molecule has 1 heterocycles. The van der Waals surface area contributed by atoms with E-state index in [1.54, 1.807) is 18.2 Å². The number of hydrogen-bond donors (Lipinski definition) is 3. The quantitative estimate of drug-likeness (QED) is 0.293. The Morgan fingerprint density at radius 1 is 1.10 bits per heavy atom. The van der Waals surface area contributed by atoms with Gasteiger partial charge in [-0.1, -0.05) is 26.0 Å². The van der Waals surface area contributed by atoms with Crippen molar-refractivity contribution < 1.29 is 33.4 Å². The van der Waals surface area contributed by atoms with Gasteiger partial charge in [0.2, 0.25) is 0 Å². The number of benzene rings is 1. The second kappa shape index (κ2) is 9.09. The van der Waals surface area contributed by atoms with Crippen molar-refractivity contribution in [3.8, 4) is 0 Å². The molecule has 0 aliphatic carbocycles. The van der Waals surface area contributed by atoms with Crippen molar-refractivity contribution in [3.63, 3.8) is 0 Å². The molecule has 10 nitrogen and oxygen atoms in total. The summed E-state index contributed by atoms with van der Waals surface area (Å²) in [6.07, 6.45) is 0.297. The third-order valence-corrected chi connectivity index (χ3v) is 3.49. The van der Waals surface area contributed by atoms with E-state index in [4.69, 9.17) is 14.2 Å². The van der Waals surface area contributed by atoms with E-state index in [1.165, 1.54) is 19.9 Å². The number of carbonyl (C=O) groups is 4. The van der Waals surface area contributed by atoms with Crippen LogP contribution in [0, 0.1) is 5.92 Å². The van der Waals surface area contributed by atoms with E-state index in [0.29, 0.717) is 0 Å².